The Morgan fingerprint density at radius 2 is 2.08 bits per heavy atom. The summed E-state index contributed by atoms with van der Waals surface area (Å²) in [6.45, 7) is 2.00. The molecule has 3 aromatic rings. The van der Waals surface area contributed by atoms with Gasteiger partial charge in [-0.05, 0) is 48.9 Å². The Kier molecular flexibility index (Phi) is 6.00. The molecular formula is C19H12BrCl2N3S. The maximum absolute atomic E-state index is 9.50. The van der Waals surface area contributed by atoms with Crippen LogP contribution in [0.5, 0.6) is 0 Å². The maximum atomic E-state index is 9.50. The van der Waals surface area contributed by atoms with E-state index in [9.17, 15) is 5.26 Å². The third-order valence-electron chi connectivity index (χ3n) is 3.62. The summed E-state index contributed by atoms with van der Waals surface area (Å²) >= 11 is 17.0. The van der Waals surface area contributed by atoms with Crippen LogP contribution in [0.3, 0.4) is 0 Å². The highest BCUT2D eigenvalue weighted by molar-refractivity contribution is 9.10. The largest absolute Gasteiger partial charge is 0.360 e. The number of nitriles is 1. The summed E-state index contributed by atoms with van der Waals surface area (Å²) in [6.07, 6.45) is 1.67. The van der Waals surface area contributed by atoms with Crippen molar-refractivity contribution in [3.05, 3.63) is 73.1 Å². The molecule has 0 saturated heterocycles. The fourth-order valence-corrected chi connectivity index (χ4v) is 4.07. The molecule has 0 fully saturated rings. The van der Waals surface area contributed by atoms with Crippen molar-refractivity contribution in [1.82, 2.24) is 4.98 Å². The zero-order valence-electron chi connectivity index (χ0n) is 13.6. The van der Waals surface area contributed by atoms with Crippen molar-refractivity contribution in [2.75, 3.05) is 5.32 Å². The molecule has 3 nitrogen and oxygen atoms in total. The predicted octanol–water partition coefficient (Wildman–Crippen LogP) is 7.16. The molecule has 0 aliphatic rings. The van der Waals surface area contributed by atoms with Gasteiger partial charge in [-0.3, -0.25) is 0 Å². The zero-order chi connectivity index (χ0) is 18.7. The number of thiazole rings is 1. The zero-order valence-corrected chi connectivity index (χ0v) is 17.5. The minimum Gasteiger partial charge on any atom is -0.360 e. The number of allylic oxidation sites excluding steroid dienone is 1. The first-order valence-corrected chi connectivity index (χ1v) is 9.95. The molecule has 0 aliphatic heterocycles. The first-order valence-electron chi connectivity index (χ1n) is 7.52. The third-order valence-corrected chi connectivity index (χ3v) is 5.54. The highest BCUT2D eigenvalue weighted by atomic mass is 79.9. The highest BCUT2D eigenvalue weighted by Gasteiger charge is 2.12. The van der Waals surface area contributed by atoms with Crippen LogP contribution in [0.15, 0.2) is 52.5 Å². The van der Waals surface area contributed by atoms with Gasteiger partial charge in [0.15, 0.2) is 0 Å². The normalized spacial score (nSPS) is 11.3. The van der Waals surface area contributed by atoms with Gasteiger partial charge in [-0.15, -0.1) is 11.3 Å². The average Bonchev–Trinajstić information content (AvgIpc) is 3.06. The maximum Gasteiger partial charge on any atom is 0.136 e. The van der Waals surface area contributed by atoms with Crippen molar-refractivity contribution < 1.29 is 0 Å². The number of benzene rings is 2. The summed E-state index contributed by atoms with van der Waals surface area (Å²) in [4.78, 5) is 4.54. The van der Waals surface area contributed by atoms with Gasteiger partial charge in [-0.2, -0.15) is 5.26 Å². The van der Waals surface area contributed by atoms with Crippen LogP contribution in [-0.4, -0.2) is 4.98 Å². The van der Waals surface area contributed by atoms with Crippen molar-refractivity contribution in [3.63, 3.8) is 0 Å². The van der Waals surface area contributed by atoms with E-state index in [1.54, 1.807) is 18.3 Å². The van der Waals surface area contributed by atoms with E-state index in [1.165, 1.54) is 11.3 Å². The summed E-state index contributed by atoms with van der Waals surface area (Å²) in [6, 6.07) is 13.4. The molecule has 0 saturated carbocycles. The molecule has 0 radical (unpaired) electrons. The highest BCUT2D eigenvalue weighted by Crippen LogP contribution is 2.32. The number of rotatable bonds is 4. The van der Waals surface area contributed by atoms with E-state index in [1.807, 2.05) is 36.6 Å². The molecule has 0 bridgehead atoms. The van der Waals surface area contributed by atoms with Gasteiger partial charge in [0.2, 0.25) is 0 Å². The number of halogens is 3. The number of aryl methyl sites for hydroxylation is 1. The molecular weight excluding hydrogens is 453 g/mol. The van der Waals surface area contributed by atoms with Gasteiger partial charge in [-0.25, -0.2) is 4.98 Å². The van der Waals surface area contributed by atoms with Gasteiger partial charge in [-0.1, -0.05) is 39.1 Å². The van der Waals surface area contributed by atoms with Crippen LogP contribution in [0.2, 0.25) is 10.0 Å². The van der Waals surface area contributed by atoms with E-state index >= 15 is 0 Å². The van der Waals surface area contributed by atoms with Crippen LogP contribution in [0.1, 0.15) is 10.6 Å². The second kappa shape index (κ2) is 8.24. The first kappa shape index (κ1) is 18.9. The van der Waals surface area contributed by atoms with Gasteiger partial charge in [0, 0.05) is 32.3 Å². The van der Waals surface area contributed by atoms with E-state index < -0.39 is 0 Å². The Hall–Kier alpha value is -1.84. The van der Waals surface area contributed by atoms with Crippen LogP contribution >= 0.6 is 50.5 Å². The van der Waals surface area contributed by atoms with Crippen molar-refractivity contribution >= 4 is 61.7 Å². The smallest absolute Gasteiger partial charge is 0.136 e. The van der Waals surface area contributed by atoms with Gasteiger partial charge in [0.25, 0.3) is 0 Å². The molecule has 2 aromatic carbocycles. The number of hydrogen-bond acceptors (Lipinski definition) is 4. The van der Waals surface area contributed by atoms with Crippen molar-refractivity contribution in [1.29, 1.82) is 5.26 Å². The second-order valence-corrected chi connectivity index (χ2v) is 8.05. The molecule has 0 spiro atoms. The second-order valence-electron chi connectivity index (χ2n) is 5.44. The SMILES string of the molecule is Cc1cc(Br)ccc1N/C=C(\C#N)c1nc(-c2ccc(Cl)cc2Cl)cs1. The van der Waals surface area contributed by atoms with Crippen LogP contribution < -0.4 is 5.32 Å². The van der Waals surface area contributed by atoms with Crippen LogP contribution in [0, 0.1) is 18.3 Å². The molecule has 0 amide bonds. The number of nitrogens with zero attached hydrogens (tertiary/aromatic N) is 2. The predicted molar refractivity (Wildman–Crippen MR) is 114 cm³/mol. The number of nitrogens with one attached hydrogen (secondary N) is 1. The van der Waals surface area contributed by atoms with Crippen LogP contribution in [0.25, 0.3) is 16.8 Å². The molecule has 3 rings (SSSR count). The van der Waals surface area contributed by atoms with Gasteiger partial charge in [0.1, 0.15) is 16.6 Å². The van der Waals surface area contributed by atoms with E-state index in [-0.39, 0.29) is 0 Å². The van der Waals surface area contributed by atoms with Crippen molar-refractivity contribution in [3.8, 4) is 17.3 Å². The number of hydrogen-bond donors (Lipinski definition) is 1. The Labute approximate surface area is 174 Å². The van der Waals surface area contributed by atoms with Gasteiger partial charge >= 0.3 is 0 Å². The Balaban J connectivity index is 1.87. The standard InChI is InChI=1S/C19H12BrCl2N3S/c1-11-6-13(20)2-5-17(11)24-9-12(8-23)19-25-18(10-26-19)15-4-3-14(21)7-16(15)22/h2-7,9-10,24H,1H3/b12-9+. The van der Waals surface area contributed by atoms with Crippen LogP contribution in [0.4, 0.5) is 5.69 Å². The lowest BCUT2D eigenvalue weighted by atomic mass is 10.2. The fourth-order valence-electron chi connectivity index (χ4n) is 2.30. The molecule has 130 valence electrons. The van der Waals surface area contributed by atoms with E-state index in [0.717, 1.165) is 21.3 Å². The quantitative estimate of drug-likeness (QED) is 0.416. The van der Waals surface area contributed by atoms with E-state index in [4.69, 9.17) is 23.2 Å². The fraction of sp³-hybridized carbons (Fsp3) is 0.0526. The van der Waals surface area contributed by atoms with Crippen molar-refractivity contribution in [2.45, 2.75) is 6.92 Å². The molecule has 0 aliphatic carbocycles. The number of anilines is 1. The molecule has 1 N–H and O–H groups in total. The molecule has 0 atom stereocenters. The topological polar surface area (TPSA) is 48.7 Å². The van der Waals surface area contributed by atoms with E-state index in [2.05, 4.69) is 32.3 Å². The molecule has 26 heavy (non-hydrogen) atoms. The van der Waals surface area contributed by atoms with E-state index in [0.29, 0.717) is 26.3 Å². The minimum absolute atomic E-state index is 0.452. The number of aromatic nitrogens is 1. The molecule has 0 unspecified atom stereocenters. The van der Waals surface area contributed by atoms with Crippen molar-refractivity contribution in [2.24, 2.45) is 0 Å². The Morgan fingerprint density at radius 3 is 2.77 bits per heavy atom. The lowest BCUT2D eigenvalue weighted by molar-refractivity contribution is 1.36. The lowest BCUT2D eigenvalue weighted by Crippen LogP contribution is -1.93. The average molecular weight is 465 g/mol. The van der Waals surface area contributed by atoms with Gasteiger partial charge in [0.05, 0.1) is 10.7 Å². The monoisotopic (exact) mass is 463 g/mol. The summed E-state index contributed by atoms with van der Waals surface area (Å²) in [5, 5.41) is 16.3. The third kappa shape index (κ3) is 4.28. The molecule has 7 heteroatoms. The van der Waals surface area contributed by atoms with Crippen LogP contribution in [-0.2, 0) is 0 Å². The first-order chi connectivity index (χ1) is 12.5. The summed E-state index contributed by atoms with van der Waals surface area (Å²) in [5.74, 6) is 0. The Morgan fingerprint density at radius 1 is 1.27 bits per heavy atom. The van der Waals surface area contributed by atoms with Gasteiger partial charge < -0.3 is 5.32 Å². The summed E-state index contributed by atoms with van der Waals surface area (Å²) < 4.78 is 1.01. The Bertz CT molecular complexity index is 1040. The molecule has 1 heterocycles. The minimum atomic E-state index is 0.452. The lowest BCUT2D eigenvalue weighted by Gasteiger charge is -2.06. The molecule has 1 aromatic heterocycles. The summed E-state index contributed by atoms with van der Waals surface area (Å²) in [5.41, 5.74) is 3.95. The summed E-state index contributed by atoms with van der Waals surface area (Å²) in [7, 11) is 0.